The molecule has 0 amide bonds. The lowest BCUT2D eigenvalue weighted by molar-refractivity contribution is 0.168. The molecular formula is C17H16BrClO2. The molecule has 0 aliphatic carbocycles. The molecule has 0 radical (unpaired) electrons. The van der Waals surface area contributed by atoms with Crippen LogP contribution in [0, 0.1) is 0 Å². The predicted octanol–water partition coefficient (Wildman–Crippen LogP) is 4.70. The fourth-order valence-electron chi connectivity index (χ4n) is 2.59. The molecule has 0 fully saturated rings. The second kappa shape index (κ2) is 6.39. The van der Waals surface area contributed by atoms with Gasteiger partial charge in [-0.2, -0.15) is 0 Å². The average Bonchev–Trinajstić information content (AvgIpc) is 2.95. The van der Waals surface area contributed by atoms with Crippen molar-refractivity contribution in [3.05, 3.63) is 62.6 Å². The zero-order valence-electron chi connectivity index (χ0n) is 11.5. The van der Waals surface area contributed by atoms with E-state index in [1.54, 1.807) is 0 Å². The molecule has 4 heteroatoms. The lowest BCUT2D eigenvalue weighted by Crippen LogP contribution is -2.00. The molecule has 0 saturated carbocycles. The number of aryl methyl sites for hydroxylation is 1. The molecule has 2 aromatic carbocycles. The molecule has 0 aromatic heterocycles. The maximum absolute atomic E-state index is 10.3. The smallest absolute Gasteiger partial charge is 0.122 e. The zero-order chi connectivity index (χ0) is 14.8. The number of aliphatic hydroxyl groups excluding tert-OH is 1. The van der Waals surface area contributed by atoms with Crippen LogP contribution < -0.4 is 4.74 Å². The third kappa shape index (κ3) is 3.42. The molecule has 110 valence electrons. The number of ether oxygens (including phenoxy) is 1. The number of aliphatic hydroxyl groups is 1. The molecule has 0 saturated heterocycles. The van der Waals surface area contributed by atoms with Crippen molar-refractivity contribution in [2.24, 2.45) is 0 Å². The SMILES string of the molecule is OC(CCc1ccc2c(c1)CCO2)c1ccc(Br)c(Cl)c1. The van der Waals surface area contributed by atoms with Crippen LogP contribution in [0.25, 0.3) is 0 Å². The Bertz CT molecular complexity index is 657. The van der Waals surface area contributed by atoms with Crippen LogP contribution in [-0.2, 0) is 12.8 Å². The highest BCUT2D eigenvalue weighted by Crippen LogP contribution is 2.29. The number of hydrogen-bond donors (Lipinski definition) is 1. The Labute approximate surface area is 137 Å². The average molecular weight is 368 g/mol. The van der Waals surface area contributed by atoms with Crippen LogP contribution in [0.15, 0.2) is 40.9 Å². The van der Waals surface area contributed by atoms with Gasteiger partial charge in [0.1, 0.15) is 5.75 Å². The molecule has 3 rings (SSSR count). The van der Waals surface area contributed by atoms with Gasteiger partial charge in [0.15, 0.2) is 0 Å². The summed E-state index contributed by atoms with van der Waals surface area (Å²) in [6.45, 7) is 0.777. The third-order valence-corrected chi connectivity index (χ3v) is 5.02. The summed E-state index contributed by atoms with van der Waals surface area (Å²) >= 11 is 9.42. The summed E-state index contributed by atoms with van der Waals surface area (Å²) in [5.41, 5.74) is 3.36. The number of hydrogen-bond acceptors (Lipinski definition) is 2. The van der Waals surface area contributed by atoms with Crippen LogP contribution in [0.2, 0.25) is 5.02 Å². The van der Waals surface area contributed by atoms with Crippen molar-refractivity contribution in [3.8, 4) is 5.75 Å². The van der Waals surface area contributed by atoms with Crippen LogP contribution >= 0.6 is 27.5 Å². The van der Waals surface area contributed by atoms with Gasteiger partial charge in [-0.25, -0.2) is 0 Å². The number of halogens is 2. The van der Waals surface area contributed by atoms with E-state index in [1.807, 2.05) is 24.3 Å². The summed E-state index contributed by atoms with van der Waals surface area (Å²) in [4.78, 5) is 0. The van der Waals surface area contributed by atoms with Crippen LogP contribution in [0.5, 0.6) is 5.75 Å². The largest absolute Gasteiger partial charge is 0.493 e. The van der Waals surface area contributed by atoms with E-state index >= 15 is 0 Å². The van der Waals surface area contributed by atoms with Gasteiger partial charge in [-0.15, -0.1) is 0 Å². The Morgan fingerprint density at radius 3 is 2.90 bits per heavy atom. The molecule has 1 atom stereocenters. The van der Waals surface area contributed by atoms with Crippen LogP contribution in [-0.4, -0.2) is 11.7 Å². The Kier molecular flexibility index (Phi) is 4.53. The van der Waals surface area contributed by atoms with Gasteiger partial charge in [0, 0.05) is 10.9 Å². The number of fused-ring (bicyclic) bond motifs is 1. The molecule has 0 bridgehead atoms. The summed E-state index contributed by atoms with van der Waals surface area (Å²) in [5.74, 6) is 0.999. The van der Waals surface area contributed by atoms with E-state index < -0.39 is 6.10 Å². The summed E-state index contributed by atoms with van der Waals surface area (Å²) in [7, 11) is 0. The first-order valence-electron chi connectivity index (χ1n) is 7.01. The highest BCUT2D eigenvalue weighted by molar-refractivity contribution is 9.10. The molecular weight excluding hydrogens is 352 g/mol. The van der Waals surface area contributed by atoms with Gasteiger partial charge in [-0.05, 0) is 63.7 Å². The zero-order valence-corrected chi connectivity index (χ0v) is 13.8. The number of rotatable bonds is 4. The van der Waals surface area contributed by atoms with Gasteiger partial charge >= 0.3 is 0 Å². The fraction of sp³-hybridized carbons (Fsp3) is 0.294. The van der Waals surface area contributed by atoms with Gasteiger partial charge in [0.05, 0.1) is 17.7 Å². The Hall–Kier alpha value is -1.03. The van der Waals surface area contributed by atoms with Crippen LogP contribution in [0.1, 0.15) is 29.2 Å². The highest BCUT2D eigenvalue weighted by Gasteiger charge is 2.13. The van der Waals surface area contributed by atoms with E-state index in [-0.39, 0.29) is 0 Å². The highest BCUT2D eigenvalue weighted by atomic mass is 79.9. The first kappa shape index (κ1) is 14.9. The Morgan fingerprint density at radius 1 is 1.24 bits per heavy atom. The lowest BCUT2D eigenvalue weighted by Gasteiger charge is -2.12. The van der Waals surface area contributed by atoms with Crippen molar-refractivity contribution in [1.82, 2.24) is 0 Å². The van der Waals surface area contributed by atoms with E-state index in [1.165, 1.54) is 11.1 Å². The second-order valence-electron chi connectivity index (χ2n) is 5.27. The quantitative estimate of drug-likeness (QED) is 0.848. The van der Waals surface area contributed by atoms with Gasteiger partial charge in [0.25, 0.3) is 0 Å². The molecule has 2 aromatic rings. The Morgan fingerprint density at radius 2 is 2.10 bits per heavy atom. The molecule has 2 nitrogen and oxygen atoms in total. The van der Waals surface area contributed by atoms with E-state index in [2.05, 4.69) is 28.1 Å². The fourth-order valence-corrected chi connectivity index (χ4v) is 3.02. The van der Waals surface area contributed by atoms with Crippen molar-refractivity contribution in [3.63, 3.8) is 0 Å². The van der Waals surface area contributed by atoms with E-state index in [9.17, 15) is 5.11 Å². The normalized spacial score (nSPS) is 14.6. The molecule has 0 spiro atoms. The number of benzene rings is 2. The molecule has 1 aliphatic heterocycles. The van der Waals surface area contributed by atoms with Crippen molar-refractivity contribution in [1.29, 1.82) is 0 Å². The summed E-state index contributed by atoms with van der Waals surface area (Å²) in [6.07, 6.45) is 1.99. The second-order valence-corrected chi connectivity index (χ2v) is 6.53. The van der Waals surface area contributed by atoms with Gasteiger partial charge in [0.2, 0.25) is 0 Å². The third-order valence-electron chi connectivity index (χ3n) is 3.79. The minimum absolute atomic E-state index is 0.500. The molecule has 1 aliphatic rings. The summed E-state index contributed by atoms with van der Waals surface area (Å²) in [5, 5.41) is 10.9. The van der Waals surface area contributed by atoms with Crippen LogP contribution in [0.4, 0.5) is 0 Å². The van der Waals surface area contributed by atoms with Crippen molar-refractivity contribution in [2.45, 2.75) is 25.4 Å². The van der Waals surface area contributed by atoms with Crippen LogP contribution in [0.3, 0.4) is 0 Å². The van der Waals surface area contributed by atoms with Crippen molar-refractivity contribution >= 4 is 27.5 Å². The molecule has 21 heavy (non-hydrogen) atoms. The Balaban J connectivity index is 1.65. The first-order valence-corrected chi connectivity index (χ1v) is 8.18. The maximum atomic E-state index is 10.3. The van der Waals surface area contributed by atoms with Gasteiger partial charge in [-0.1, -0.05) is 29.8 Å². The van der Waals surface area contributed by atoms with E-state index in [0.717, 1.165) is 35.2 Å². The minimum Gasteiger partial charge on any atom is -0.493 e. The maximum Gasteiger partial charge on any atom is 0.122 e. The van der Waals surface area contributed by atoms with Crippen molar-refractivity contribution < 1.29 is 9.84 Å². The summed E-state index contributed by atoms with van der Waals surface area (Å²) < 4.78 is 6.35. The van der Waals surface area contributed by atoms with Crippen molar-refractivity contribution in [2.75, 3.05) is 6.61 Å². The monoisotopic (exact) mass is 366 g/mol. The molecule has 1 heterocycles. The van der Waals surface area contributed by atoms with E-state index in [4.69, 9.17) is 16.3 Å². The topological polar surface area (TPSA) is 29.5 Å². The van der Waals surface area contributed by atoms with Gasteiger partial charge in [-0.3, -0.25) is 0 Å². The molecule has 1 unspecified atom stereocenters. The van der Waals surface area contributed by atoms with E-state index in [0.29, 0.717) is 11.4 Å². The minimum atomic E-state index is -0.500. The summed E-state index contributed by atoms with van der Waals surface area (Å²) in [6, 6.07) is 11.9. The van der Waals surface area contributed by atoms with Gasteiger partial charge < -0.3 is 9.84 Å². The lowest BCUT2D eigenvalue weighted by atomic mass is 9.99. The predicted molar refractivity (Wildman–Crippen MR) is 88.1 cm³/mol. The first-order chi connectivity index (χ1) is 10.1. The standard InChI is InChI=1S/C17H16BrClO2/c18-14-4-3-12(10-15(14)19)16(20)5-1-11-2-6-17-13(9-11)7-8-21-17/h2-4,6,9-10,16,20H,1,5,7-8H2. The molecule has 1 N–H and O–H groups in total.